The highest BCUT2D eigenvalue weighted by Gasteiger charge is 2.47. The zero-order valence-corrected chi connectivity index (χ0v) is 28.8. The van der Waals surface area contributed by atoms with E-state index in [0.717, 1.165) is 69.0 Å². The second kappa shape index (κ2) is 10.7. The van der Waals surface area contributed by atoms with Crippen LogP contribution in [-0.2, 0) is 15.2 Å². The third-order valence-electron chi connectivity index (χ3n) is 9.69. The topological polar surface area (TPSA) is 103 Å². The number of carbonyl (C=O) groups is 4. The fraction of sp³-hybridized carbons (Fsp3) is 0.167. The number of thiophene rings is 2. The molecule has 0 saturated heterocycles. The van der Waals surface area contributed by atoms with Gasteiger partial charge in [0.25, 0.3) is 0 Å². The van der Waals surface area contributed by atoms with Crippen molar-refractivity contribution in [3.05, 3.63) is 85.4 Å². The van der Waals surface area contributed by atoms with Crippen LogP contribution in [0.3, 0.4) is 0 Å². The Bertz CT molecular complexity index is 2740. The molecule has 1 aliphatic heterocycles. The highest BCUT2D eigenvalue weighted by Crippen LogP contribution is 2.62. The molecule has 1 spiro atoms. The van der Waals surface area contributed by atoms with Crippen molar-refractivity contribution in [2.45, 2.75) is 37.7 Å². The summed E-state index contributed by atoms with van der Waals surface area (Å²) in [5.41, 5.74) is -0.984. The lowest BCUT2D eigenvalue weighted by Gasteiger charge is -2.40. The molecule has 252 valence electrons. The summed E-state index contributed by atoms with van der Waals surface area (Å²) in [4.78, 5) is 63.5. The minimum atomic E-state index is -1.09. The van der Waals surface area contributed by atoms with E-state index < -0.39 is 63.1 Å². The third-order valence-corrected chi connectivity index (χ3v) is 14.3. The Morgan fingerprint density at radius 1 is 0.627 bits per heavy atom. The lowest BCUT2D eigenvalue weighted by atomic mass is 9.78. The maximum absolute atomic E-state index is 14.5. The molecule has 3 aliphatic carbocycles. The number of benzene rings is 2. The molecular weight excluding hydrogens is 745 g/mol. The zero-order chi connectivity index (χ0) is 35.1. The molecule has 1 fully saturated rings. The van der Waals surface area contributed by atoms with Gasteiger partial charge in [-0.1, -0.05) is 6.42 Å². The molecule has 0 atom stereocenters. The van der Waals surface area contributed by atoms with Gasteiger partial charge < -0.3 is 4.74 Å². The van der Waals surface area contributed by atoms with Crippen molar-refractivity contribution in [3.63, 3.8) is 0 Å². The Morgan fingerprint density at radius 2 is 1.14 bits per heavy atom. The Labute approximate surface area is 299 Å². The number of fused-ring (bicyclic) bond motifs is 10. The first-order chi connectivity index (χ1) is 24.5. The fourth-order valence-electron chi connectivity index (χ4n) is 7.52. The predicted molar refractivity (Wildman–Crippen MR) is 187 cm³/mol. The molecule has 10 rings (SSSR count). The minimum absolute atomic E-state index is 0.0894. The molecule has 0 radical (unpaired) electrons. The van der Waals surface area contributed by atoms with Crippen LogP contribution in [0.2, 0.25) is 0 Å². The number of thiazole rings is 2. The number of halogens is 4. The summed E-state index contributed by atoms with van der Waals surface area (Å²) in [5.74, 6) is -7.20. The number of Topliss-reactive ketones (excluding diaryl/α,β-unsaturated/α-hetero) is 4. The van der Waals surface area contributed by atoms with Gasteiger partial charge in [0, 0.05) is 40.0 Å². The molecule has 0 bridgehead atoms. The lowest BCUT2D eigenvalue weighted by Crippen LogP contribution is -2.37. The van der Waals surface area contributed by atoms with Gasteiger partial charge in [-0.25, -0.2) is 27.5 Å². The van der Waals surface area contributed by atoms with Crippen LogP contribution in [-0.4, -0.2) is 33.1 Å². The van der Waals surface area contributed by atoms with Crippen molar-refractivity contribution in [3.8, 4) is 15.5 Å². The average molecular weight is 761 g/mol. The average Bonchev–Trinajstić information content (AvgIpc) is 3.90. The van der Waals surface area contributed by atoms with Gasteiger partial charge >= 0.3 is 0 Å². The number of hydrogen-bond acceptors (Lipinski definition) is 11. The molecule has 15 heteroatoms. The monoisotopic (exact) mass is 760 g/mol. The molecule has 0 N–H and O–H groups in total. The number of allylic oxidation sites excluding steroid dienone is 2. The van der Waals surface area contributed by atoms with Crippen molar-refractivity contribution in [1.82, 2.24) is 9.97 Å². The molecule has 4 aliphatic rings. The maximum Gasteiger partial charge on any atom is 0.237 e. The first kappa shape index (κ1) is 31.1. The highest BCUT2D eigenvalue weighted by molar-refractivity contribution is 7.34. The second-order valence-electron chi connectivity index (χ2n) is 12.6. The lowest BCUT2D eigenvalue weighted by molar-refractivity contribution is -0.110. The van der Waals surface area contributed by atoms with E-state index >= 15 is 0 Å². The molecule has 6 aromatic rings. The van der Waals surface area contributed by atoms with E-state index in [4.69, 9.17) is 14.7 Å². The van der Waals surface area contributed by atoms with Crippen LogP contribution >= 0.6 is 45.3 Å². The fourth-order valence-corrected chi connectivity index (χ4v) is 12.5. The largest absolute Gasteiger partial charge is 0.479 e. The summed E-state index contributed by atoms with van der Waals surface area (Å²) in [5, 5.41) is 0.796. The molecule has 0 unspecified atom stereocenters. The van der Waals surface area contributed by atoms with Gasteiger partial charge in [-0.2, -0.15) is 0 Å². The van der Waals surface area contributed by atoms with Crippen LogP contribution in [0.15, 0.2) is 24.3 Å². The van der Waals surface area contributed by atoms with E-state index in [0.29, 0.717) is 37.6 Å². The summed E-state index contributed by atoms with van der Waals surface area (Å²) in [6, 6.07) is 3.13. The number of rotatable bonds is 2. The second-order valence-corrected chi connectivity index (χ2v) is 16.7. The summed E-state index contributed by atoms with van der Waals surface area (Å²) in [6.45, 7) is 0. The number of hydrogen-bond donors (Lipinski definition) is 0. The van der Waals surface area contributed by atoms with Crippen LogP contribution < -0.4 is 4.74 Å². The van der Waals surface area contributed by atoms with Gasteiger partial charge in [-0.05, 0) is 50.0 Å². The normalized spacial score (nSPS) is 19.1. The van der Waals surface area contributed by atoms with Gasteiger partial charge in [0.15, 0.2) is 5.75 Å². The van der Waals surface area contributed by atoms with E-state index in [1.807, 2.05) is 0 Å². The smallest absolute Gasteiger partial charge is 0.237 e. The van der Waals surface area contributed by atoms with E-state index in [9.17, 15) is 36.7 Å². The summed E-state index contributed by atoms with van der Waals surface area (Å²) in [7, 11) is 0. The quantitative estimate of drug-likeness (QED) is 0.0985. The molecular formula is C36H16F4N2O5S4. The maximum atomic E-state index is 14.5. The van der Waals surface area contributed by atoms with Crippen molar-refractivity contribution in [2.75, 3.05) is 0 Å². The molecule has 51 heavy (non-hydrogen) atoms. The summed E-state index contributed by atoms with van der Waals surface area (Å²) < 4.78 is 65.7. The Hall–Kier alpha value is -4.70. The number of nitrogens with zero attached hydrogens (tertiary/aromatic N) is 2. The third kappa shape index (κ3) is 4.31. The van der Waals surface area contributed by atoms with E-state index in [1.165, 1.54) is 57.5 Å². The number of carbonyl (C=O) groups excluding carboxylic acids is 4. The Morgan fingerprint density at radius 3 is 1.71 bits per heavy atom. The van der Waals surface area contributed by atoms with E-state index in [2.05, 4.69) is 0 Å². The number of aromatic nitrogens is 2. The van der Waals surface area contributed by atoms with Gasteiger partial charge in [-0.3, -0.25) is 19.2 Å². The SMILES string of the molecule is O=C1C(=O)c2c(F)cc(F)cc2/C1=C/c1nc2sc3c(c2s1)OC1(CCCCC1)c1c-3sc2nc(/C=C3\C(=O)C(=O)c4c(F)cc(F)cc43)sc12. The van der Waals surface area contributed by atoms with Gasteiger partial charge in [0.05, 0.1) is 25.6 Å². The standard InChI is InChI=1S/C36H16F4N2O5S4/c37-12-6-14-16(25(43)27(45)22(14)18(39)8-12)10-20-41-34-31(48-20)24-30(50-34)32-29(47-36(24)4-2-1-3-5-36)33-35(51-32)42-21(49-33)11-17-15-7-13(38)9-19(40)23(15)28(46)26(17)44/h6-11H,1-5H2/b16-10-,17-11-. The van der Waals surface area contributed by atoms with Crippen LogP contribution in [0, 0.1) is 23.3 Å². The zero-order valence-electron chi connectivity index (χ0n) is 25.6. The molecule has 5 heterocycles. The first-order valence-corrected chi connectivity index (χ1v) is 18.9. The molecule has 7 nitrogen and oxygen atoms in total. The number of ether oxygens (including phenoxy) is 1. The van der Waals surface area contributed by atoms with Crippen LogP contribution in [0.25, 0.3) is 52.1 Å². The number of ketones is 4. The Balaban J connectivity index is 1.09. The van der Waals surface area contributed by atoms with Crippen molar-refractivity contribution < 1.29 is 41.5 Å². The van der Waals surface area contributed by atoms with Crippen LogP contribution in [0.4, 0.5) is 17.6 Å². The molecule has 1 saturated carbocycles. The van der Waals surface area contributed by atoms with Crippen molar-refractivity contribution >= 4 is 111 Å². The highest BCUT2D eigenvalue weighted by atomic mass is 32.1. The summed E-state index contributed by atoms with van der Waals surface area (Å²) in [6.07, 6.45) is 7.15. The predicted octanol–water partition coefficient (Wildman–Crippen LogP) is 9.42. The van der Waals surface area contributed by atoms with Crippen molar-refractivity contribution in [2.24, 2.45) is 0 Å². The molecule has 2 aromatic carbocycles. The van der Waals surface area contributed by atoms with Crippen LogP contribution in [0.1, 0.15) is 79.5 Å². The van der Waals surface area contributed by atoms with E-state index in [-0.39, 0.29) is 22.3 Å². The first-order valence-electron chi connectivity index (χ1n) is 15.7. The summed E-state index contributed by atoms with van der Waals surface area (Å²) >= 11 is 5.45. The van der Waals surface area contributed by atoms with Crippen molar-refractivity contribution in [1.29, 1.82) is 0 Å². The van der Waals surface area contributed by atoms with Gasteiger partial charge in [0.1, 0.15) is 53.2 Å². The van der Waals surface area contributed by atoms with Crippen LogP contribution in [0.5, 0.6) is 5.75 Å². The van der Waals surface area contributed by atoms with Gasteiger partial charge in [-0.15, -0.1) is 45.3 Å². The molecule has 0 amide bonds. The minimum Gasteiger partial charge on any atom is -0.479 e. The Kier molecular flexibility index (Phi) is 6.50. The molecule has 4 aromatic heterocycles. The van der Waals surface area contributed by atoms with E-state index in [1.54, 1.807) is 0 Å². The van der Waals surface area contributed by atoms with Gasteiger partial charge in [0.2, 0.25) is 23.1 Å².